The number of aromatic nitrogens is 3. The lowest BCUT2D eigenvalue weighted by Gasteiger charge is -2.31. The van der Waals surface area contributed by atoms with Gasteiger partial charge in [-0.1, -0.05) is 6.07 Å². The van der Waals surface area contributed by atoms with Crippen LogP contribution >= 0.6 is 0 Å². The van der Waals surface area contributed by atoms with Gasteiger partial charge in [-0.2, -0.15) is 0 Å². The van der Waals surface area contributed by atoms with Crippen LogP contribution in [-0.2, 0) is 24.1 Å². The van der Waals surface area contributed by atoms with Crippen molar-refractivity contribution < 1.29 is 9.53 Å². The van der Waals surface area contributed by atoms with Gasteiger partial charge in [0.25, 0.3) is 0 Å². The predicted molar refractivity (Wildman–Crippen MR) is 114 cm³/mol. The van der Waals surface area contributed by atoms with Crippen molar-refractivity contribution in [3.05, 3.63) is 41.6 Å². The summed E-state index contributed by atoms with van der Waals surface area (Å²) in [6.07, 6.45) is 8.28. The van der Waals surface area contributed by atoms with Crippen molar-refractivity contribution in [3.8, 4) is 0 Å². The van der Waals surface area contributed by atoms with Gasteiger partial charge in [0, 0.05) is 24.6 Å². The lowest BCUT2D eigenvalue weighted by Crippen LogP contribution is -2.40. The number of unbranched alkanes of at least 4 members (excludes halogenated alkanes) is 1. The highest BCUT2D eigenvalue weighted by Crippen LogP contribution is 2.27. The molecule has 0 saturated heterocycles. The molecule has 0 fully saturated rings. The number of carbonyl (C=O) groups excluding carboxylic acids is 1. The molecule has 1 aliphatic heterocycles. The summed E-state index contributed by atoms with van der Waals surface area (Å²) in [5.74, 6) is 1.77. The molecule has 1 N–H and O–H groups in total. The Bertz CT molecular complexity index is 798. The molecule has 0 atom stereocenters. The van der Waals surface area contributed by atoms with E-state index in [0.717, 1.165) is 68.1 Å². The number of anilines is 1. The van der Waals surface area contributed by atoms with Gasteiger partial charge in [0.15, 0.2) is 0 Å². The zero-order chi connectivity index (χ0) is 20.9. The van der Waals surface area contributed by atoms with E-state index in [2.05, 4.69) is 34.0 Å². The molecule has 158 valence electrons. The SMILES string of the molecule is CN(CCCCc1ccc2c(n1)N(C(=O)OC(C)(C)C)CCC2)Cc1ncc[nH]1. The number of aryl methyl sites for hydroxylation is 2. The maximum absolute atomic E-state index is 12.6. The van der Waals surface area contributed by atoms with E-state index in [4.69, 9.17) is 9.72 Å². The molecule has 0 radical (unpaired) electrons. The molecule has 3 heterocycles. The maximum atomic E-state index is 12.6. The van der Waals surface area contributed by atoms with Crippen LogP contribution in [0.15, 0.2) is 24.5 Å². The van der Waals surface area contributed by atoms with Gasteiger partial charge >= 0.3 is 6.09 Å². The molecule has 2 aromatic heterocycles. The second-order valence-corrected chi connectivity index (χ2v) is 8.75. The van der Waals surface area contributed by atoms with Gasteiger partial charge in [0.1, 0.15) is 17.2 Å². The molecule has 3 rings (SSSR count). The van der Waals surface area contributed by atoms with E-state index in [0.29, 0.717) is 6.54 Å². The summed E-state index contributed by atoms with van der Waals surface area (Å²) in [4.78, 5) is 28.8. The van der Waals surface area contributed by atoms with Crippen LogP contribution in [0, 0.1) is 0 Å². The molecular formula is C22H33N5O2. The quantitative estimate of drug-likeness (QED) is 0.714. The highest BCUT2D eigenvalue weighted by molar-refractivity contribution is 5.88. The Hall–Kier alpha value is -2.41. The van der Waals surface area contributed by atoms with Crippen molar-refractivity contribution in [1.82, 2.24) is 19.9 Å². The van der Waals surface area contributed by atoms with Gasteiger partial charge in [-0.3, -0.25) is 9.80 Å². The first-order chi connectivity index (χ1) is 13.8. The van der Waals surface area contributed by atoms with Crippen LogP contribution in [0.25, 0.3) is 0 Å². The van der Waals surface area contributed by atoms with E-state index in [1.165, 1.54) is 0 Å². The molecule has 1 amide bonds. The molecule has 0 unspecified atom stereocenters. The number of fused-ring (bicyclic) bond motifs is 1. The topological polar surface area (TPSA) is 74.3 Å². The zero-order valence-electron chi connectivity index (χ0n) is 18.1. The van der Waals surface area contributed by atoms with Gasteiger partial charge in [0.05, 0.1) is 6.54 Å². The monoisotopic (exact) mass is 399 g/mol. The normalized spacial score (nSPS) is 14.2. The molecule has 2 aromatic rings. The lowest BCUT2D eigenvalue weighted by atomic mass is 10.0. The average Bonchev–Trinajstić information content (AvgIpc) is 3.16. The van der Waals surface area contributed by atoms with Crippen LogP contribution in [0.2, 0.25) is 0 Å². The van der Waals surface area contributed by atoms with Crippen molar-refractivity contribution in [3.63, 3.8) is 0 Å². The summed E-state index contributed by atoms with van der Waals surface area (Å²) in [5.41, 5.74) is 1.66. The van der Waals surface area contributed by atoms with E-state index in [9.17, 15) is 4.79 Å². The minimum atomic E-state index is -0.506. The maximum Gasteiger partial charge on any atom is 0.416 e. The number of nitrogens with zero attached hydrogens (tertiary/aromatic N) is 4. The molecule has 0 aliphatic carbocycles. The number of H-pyrrole nitrogens is 1. The second kappa shape index (κ2) is 9.39. The first-order valence-corrected chi connectivity index (χ1v) is 10.5. The predicted octanol–water partition coefficient (Wildman–Crippen LogP) is 3.95. The van der Waals surface area contributed by atoms with Crippen LogP contribution in [-0.4, -0.2) is 51.7 Å². The van der Waals surface area contributed by atoms with E-state index >= 15 is 0 Å². The Morgan fingerprint density at radius 2 is 2.14 bits per heavy atom. The fourth-order valence-corrected chi connectivity index (χ4v) is 3.52. The van der Waals surface area contributed by atoms with Crippen LogP contribution in [0.1, 0.15) is 57.1 Å². The Morgan fingerprint density at radius 1 is 1.31 bits per heavy atom. The number of aromatic amines is 1. The third-order valence-corrected chi connectivity index (χ3v) is 4.91. The fourth-order valence-electron chi connectivity index (χ4n) is 3.52. The van der Waals surface area contributed by atoms with E-state index in [1.54, 1.807) is 11.1 Å². The number of pyridine rings is 1. The van der Waals surface area contributed by atoms with Gasteiger partial charge in [-0.15, -0.1) is 0 Å². The highest BCUT2D eigenvalue weighted by atomic mass is 16.6. The second-order valence-electron chi connectivity index (χ2n) is 8.75. The molecule has 0 bridgehead atoms. The summed E-state index contributed by atoms with van der Waals surface area (Å²) in [7, 11) is 2.11. The van der Waals surface area contributed by atoms with Gasteiger partial charge < -0.3 is 9.72 Å². The molecule has 7 nitrogen and oxygen atoms in total. The summed E-state index contributed by atoms with van der Waals surface area (Å²) >= 11 is 0. The number of carbonyl (C=O) groups is 1. The average molecular weight is 400 g/mol. The Kier molecular flexibility index (Phi) is 6.90. The van der Waals surface area contributed by atoms with Crippen molar-refractivity contribution in [2.75, 3.05) is 25.0 Å². The molecule has 1 aliphatic rings. The smallest absolute Gasteiger partial charge is 0.416 e. The lowest BCUT2D eigenvalue weighted by molar-refractivity contribution is 0.0576. The zero-order valence-corrected chi connectivity index (χ0v) is 18.1. The first kappa shape index (κ1) is 21.3. The van der Waals surface area contributed by atoms with Crippen molar-refractivity contribution in [2.24, 2.45) is 0 Å². The number of rotatable bonds is 7. The summed E-state index contributed by atoms with van der Waals surface area (Å²) in [5, 5.41) is 0. The van der Waals surface area contributed by atoms with E-state index in [-0.39, 0.29) is 6.09 Å². The van der Waals surface area contributed by atoms with Gasteiger partial charge in [0.2, 0.25) is 0 Å². The number of hydrogen-bond acceptors (Lipinski definition) is 5. The Morgan fingerprint density at radius 3 is 2.86 bits per heavy atom. The minimum absolute atomic E-state index is 0.303. The summed E-state index contributed by atoms with van der Waals surface area (Å²) < 4.78 is 5.58. The van der Waals surface area contributed by atoms with Crippen molar-refractivity contribution in [2.45, 2.75) is 65.0 Å². The molecule has 0 aromatic carbocycles. The molecule has 0 spiro atoms. The minimum Gasteiger partial charge on any atom is -0.443 e. The van der Waals surface area contributed by atoms with Crippen LogP contribution in [0.4, 0.5) is 10.6 Å². The molecule has 29 heavy (non-hydrogen) atoms. The van der Waals surface area contributed by atoms with Crippen LogP contribution in [0.5, 0.6) is 0 Å². The Balaban J connectivity index is 1.53. The van der Waals surface area contributed by atoms with Gasteiger partial charge in [-0.25, -0.2) is 14.8 Å². The fraction of sp³-hybridized carbons (Fsp3) is 0.591. The van der Waals surface area contributed by atoms with Crippen LogP contribution < -0.4 is 4.90 Å². The molecule has 7 heteroatoms. The van der Waals surface area contributed by atoms with Crippen molar-refractivity contribution >= 4 is 11.9 Å². The standard InChI is InChI=1S/C22H33N5O2/c1-22(2,3)29-21(28)27-15-7-8-17-10-11-18(25-20(17)27)9-5-6-14-26(4)16-19-23-12-13-24-19/h10-13H,5-9,14-16H2,1-4H3,(H,23,24). The third-order valence-electron chi connectivity index (χ3n) is 4.91. The summed E-state index contributed by atoms with van der Waals surface area (Å²) in [6, 6.07) is 4.22. The van der Waals surface area contributed by atoms with Crippen molar-refractivity contribution in [1.29, 1.82) is 0 Å². The summed E-state index contributed by atoms with van der Waals surface area (Å²) in [6.45, 7) is 8.17. The first-order valence-electron chi connectivity index (χ1n) is 10.5. The third kappa shape index (κ3) is 6.29. The number of hydrogen-bond donors (Lipinski definition) is 1. The van der Waals surface area contributed by atoms with Gasteiger partial charge in [-0.05, 0) is 78.1 Å². The van der Waals surface area contributed by atoms with Crippen LogP contribution in [0.3, 0.4) is 0 Å². The molecule has 0 saturated carbocycles. The van der Waals surface area contributed by atoms with E-state index in [1.807, 2.05) is 27.0 Å². The largest absolute Gasteiger partial charge is 0.443 e. The highest BCUT2D eigenvalue weighted by Gasteiger charge is 2.28. The Labute approximate surface area is 173 Å². The number of amides is 1. The van der Waals surface area contributed by atoms with E-state index < -0.39 is 5.60 Å². The number of ether oxygens (including phenoxy) is 1. The molecular weight excluding hydrogens is 366 g/mol. The number of imidazole rings is 1. The number of nitrogens with one attached hydrogen (secondary N) is 1.